The molecule has 1 spiro atoms. The van der Waals surface area contributed by atoms with Crippen molar-refractivity contribution in [1.82, 2.24) is 9.88 Å². The Balaban J connectivity index is 1.60. The molecule has 35 heavy (non-hydrogen) atoms. The van der Waals surface area contributed by atoms with E-state index in [2.05, 4.69) is 10.3 Å². The number of hydrogen-bond acceptors (Lipinski definition) is 7. The number of Topliss-reactive ketones (excluding diaryl/α,β-unsaturated/α-hetero) is 1. The molecule has 1 aromatic heterocycles. The number of nitro groups is 1. The van der Waals surface area contributed by atoms with Gasteiger partial charge in [-0.3, -0.25) is 29.6 Å². The number of ketones is 1. The summed E-state index contributed by atoms with van der Waals surface area (Å²) < 4.78 is 14.5. The molecule has 0 bridgehead atoms. The van der Waals surface area contributed by atoms with Gasteiger partial charge in [0.2, 0.25) is 5.91 Å². The van der Waals surface area contributed by atoms with E-state index in [1.165, 1.54) is 36.5 Å². The van der Waals surface area contributed by atoms with Gasteiger partial charge in [0.1, 0.15) is 17.1 Å². The highest BCUT2D eigenvalue weighted by Crippen LogP contribution is 2.61. The van der Waals surface area contributed by atoms with E-state index >= 15 is 0 Å². The number of rotatable bonds is 4. The summed E-state index contributed by atoms with van der Waals surface area (Å²) in [5, 5.41) is 14.1. The number of thioether (sulfide) groups is 1. The van der Waals surface area contributed by atoms with Crippen molar-refractivity contribution in [2.24, 2.45) is 5.92 Å². The number of carbonyl (C=O) groups excluding carboxylic acids is 2. The third kappa shape index (κ3) is 3.06. The molecular weight excluding hydrogens is 471 g/mol. The third-order valence-corrected chi connectivity index (χ3v) is 8.31. The fourth-order valence-electron chi connectivity index (χ4n) is 5.91. The van der Waals surface area contributed by atoms with Gasteiger partial charge in [-0.2, -0.15) is 0 Å². The lowest BCUT2D eigenvalue weighted by atomic mass is 9.70. The Kier molecular flexibility index (Phi) is 4.97. The van der Waals surface area contributed by atoms with Crippen LogP contribution in [0.25, 0.3) is 0 Å². The SMILES string of the molecule is O=C(c1ccccn1)[C@H]1[C@@H](c2ccc([N+](=O)[O-])cc2)[C@@H]2CSCN2[C@@]12C(=O)Nc1ccc(F)cc12. The van der Waals surface area contributed by atoms with Gasteiger partial charge in [-0.15, -0.1) is 11.8 Å². The first-order chi connectivity index (χ1) is 16.9. The molecule has 10 heteroatoms. The number of carbonyl (C=O) groups is 2. The molecule has 0 radical (unpaired) electrons. The van der Waals surface area contributed by atoms with Crippen molar-refractivity contribution in [3.8, 4) is 0 Å². The van der Waals surface area contributed by atoms with E-state index in [0.717, 1.165) is 5.56 Å². The van der Waals surface area contributed by atoms with Gasteiger partial charge in [-0.05, 0) is 35.9 Å². The average molecular weight is 491 g/mol. The van der Waals surface area contributed by atoms with Gasteiger partial charge in [-0.1, -0.05) is 18.2 Å². The number of halogens is 1. The molecule has 176 valence electrons. The van der Waals surface area contributed by atoms with Crippen LogP contribution in [-0.4, -0.2) is 44.2 Å². The van der Waals surface area contributed by atoms with Crippen LogP contribution in [0.2, 0.25) is 0 Å². The smallest absolute Gasteiger partial charge is 0.269 e. The number of nitrogens with one attached hydrogen (secondary N) is 1. The van der Waals surface area contributed by atoms with Crippen molar-refractivity contribution >= 4 is 34.8 Å². The fourth-order valence-corrected chi connectivity index (χ4v) is 7.23. The zero-order valence-electron chi connectivity index (χ0n) is 18.3. The molecule has 6 rings (SSSR count). The van der Waals surface area contributed by atoms with Gasteiger partial charge in [-0.25, -0.2) is 4.39 Å². The number of non-ortho nitro benzene ring substituents is 1. The highest BCUT2D eigenvalue weighted by molar-refractivity contribution is 7.99. The molecule has 0 unspecified atom stereocenters. The standard InChI is InChI=1S/C25H19FN4O4S/c26-15-6-9-18-17(11-15)25(24(32)28-18)22(23(31)19-3-1-2-10-27-19)21(20-12-35-13-29(20)25)14-4-7-16(8-5-14)30(33)34/h1-11,20-22H,12-13H2,(H,28,32)/t20-,21-,22+,25+/m0/s1. The minimum Gasteiger partial charge on any atom is -0.324 e. The predicted octanol–water partition coefficient (Wildman–Crippen LogP) is 3.95. The second kappa shape index (κ2) is 7.96. The van der Waals surface area contributed by atoms with Gasteiger partial charge in [0.15, 0.2) is 5.78 Å². The second-order valence-corrected chi connectivity index (χ2v) is 9.88. The summed E-state index contributed by atoms with van der Waals surface area (Å²) in [4.78, 5) is 45.0. The van der Waals surface area contributed by atoms with Crippen LogP contribution in [0.1, 0.15) is 27.5 Å². The normalized spacial score (nSPS) is 27.0. The van der Waals surface area contributed by atoms with E-state index < -0.39 is 28.1 Å². The van der Waals surface area contributed by atoms with E-state index in [0.29, 0.717) is 22.9 Å². The van der Waals surface area contributed by atoms with Gasteiger partial charge in [0.25, 0.3) is 5.69 Å². The maximum atomic E-state index is 14.5. The van der Waals surface area contributed by atoms with Crippen molar-refractivity contribution in [2.45, 2.75) is 17.5 Å². The maximum absolute atomic E-state index is 14.5. The lowest BCUT2D eigenvalue weighted by Crippen LogP contribution is -2.52. The molecule has 3 aliphatic rings. The first-order valence-electron chi connectivity index (χ1n) is 11.1. The number of nitro benzene ring substituents is 1. The van der Waals surface area contributed by atoms with Crippen LogP contribution in [0, 0.1) is 21.8 Å². The van der Waals surface area contributed by atoms with Crippen molar-refractivity contribution in [1.29, 1.82) is 0 Å². The molecule has 3 aliphatic heterocycles. The Hall–Kier alpha value is -3.63. The summed E-state index contributed by atoms with van der Waals surface area (Å²) in [6.07, 6.45) is 1.52. The van der Waals surface area contributed by atoms with Crippen LogP contribution in [0.15, 0.2) is 66.9 Å². The Bertz CT molecular complexity index is 1370. The van der Waals surface area contributed by atoms with E-state index in [-0.39, 0.29) is 29.1 Å². The molecule has 4 heterocycles. The maximum Gasteiger partial charge on any atom is 0.269 e. The van der Waals surface area contributed by atoms with Crippen molar-refractivity contribution in [3.05, 3.63) is 99.6 Å². The molecule has 0 aliphatic carbocycles. The van der Waals surface area contributed by atoms with Gasteiger partial charge in [0, 0.05) is 53.2 Å². The van der Waals surface area contributed by atoms with Crippen LogP contribution < -0.4 is 5.32 Å². The van der Waals surface area contributed by atoms with Crippen LogP contribution in [0.4, 0.5) is 15.8 Å². The van der Waals surface area contributed by atoms with Crippen molar-refractivity contribution in [2.75, 3.05) is 16.9 Å². The summed E-state index contributed by atoms with van der Waals surface area (Å²) >= 11 is 1.64. The Morgan fingerprint density at radius 2 is 2.00 bits per heavy atom. The topological polar surface area (TPSA) is 105 Å². The highest BCUT2D eigenvalue weighted by Gasteiger charge is 2.69. The number of pyridine rings is 1. The number of fused-ring (bicyclic) bond motifs is 4. The summed E-state index contributed by atoms with van der Waals surface area (Å²) in [5.41, 5.74) is 0.376. The quantitative estimate of drug-likeness (QED) is 0.335. The predicted molar refractivity (Wildman–Crippen MR) is 128 cm³/mol. The van der Waals surface area contributed by atoms with E-state index in [1.807, 2.05) is 4.90 Å². The van der Waals surface area contributed by atoms with Crippen LogP contribution in [-0.2, 0) is 10.3 Å². The number of benzene rings is 2. The lowest BCUT2D eigenvalue weighted by Gasteiger charge is -2.36. The summed E-state index contributed by atoms with van der Waals surface area (Å²) in [7, 11) is 0. The average Bonchev–Trinajstić information content (AvgIpc) is 3.53. The molecule has 2 aromatic carbocycles. The molecule has 3 aromatic rings. The van der Waals surface area contributed by atoms with E-state index in [9.17, 15) is 24.1 Å². The van der Waals surface area contributed by atoms with Crippen LogP contribution >= 0.6 is 11.8 Å². The highest BCUT2D eigenvalue weighted by atomic mass is 32.2. The van der Waals surface area contributed by atoms with Gasteiger partial charge in [0.05, 0.1) is 10.8 Å². The molecule has 8 nitrogen and oxygen atoms in total. The first kappa shape index (κ1) is 21.9. The molecule has 0 saturated carbocycles. The van der Waals surface area contributed by atoms with Gasteiger partial charge >= 0.3 is 0 Å². The molecule has 2 saturated heterocycles. The third-order valence-electron chi connectivity index (χ3n) is 7.27. The van der Waals surface area contributed by atoms with Gasteiger partial charge < -0.3 is 5.32 Å². The van der Waals surface area contributed by atoms with Crippen molar-refractivity contribution < 1.29 is 18.9 Å². The molecule has 1 amide bonds. The Morgan fingerprint density at radius 1 is 1.20 bits per heavy atom. The minimum atomic E-state index is -1.42. The Morgan fingerprint density at radius 3 is 2.71 bits per heavy atom. The summed E-state index contributed by atoms with van der Waals surface area (Å²) in [6.45, 7) is 0. The molecule has 2 fully saturated rings. The first-order valence-corrected chi connectivity index (χ1v) is 12.2. The summed E-state index contributed by atoms with van der Waals surface area (Å²) in [6, 6.07) is 15.1. The Labute approximate surface area is 203 Å². The number of anilines is 1. The lowest BCUT2D eigenvalue weighted by molar-refractivity contribution is -0.384. The van der Waals surface area contributed by atoms with Crippen LogP contribution in [0.5, 0.6) is 0 Å². The van der Waals surface area contributed by atoms with E-state index in [4.69, 9.17) is 0 Å². The molecule has 1 N–H and O–H groups in total. The second-order valence-electron chi connectivity index (χ2n) is 8.88. The zero-order valence-corrected chi connectivity index (χ0v) is 19.1. The largest absolute Gasteiger partial charge is 0.324 e. The monoisotopic (exact) mass is 490 g/mol. The summed E-state index contributed by atoms with van der Waals surface area (Å²) in [5.74, 6) is -1.40. The number of hydrogen-bond donors (Lipinski definition) is 1. The molecule has 4 atom stereocenters. The number of amides is 1. The fraction of sp³-hybridized carbons (Fsp3) is 0.240. The number of aromatic nitrogens is 1. The van der Waals surface area contributed by atoms with Crippen LogP contribution in [0.3, 0.4) is 0 Å². The van der Waals surface area contributed by atoms with E-state index in [1.54, 1.807) is 42.1 Å². The zero-order chi connectivity index (χ0) is 24.3. The minimum absolute atomic E-state index is 0.0576. The number of nitrogens with zero attached hydrogens (tertiary/aromatic N) is 3. The van der Waals surface area contributed by atoms with Crippen molar-refractivity contribution in [3.63, 3.8) is 0 Å². The molecular formula is C25H19FN4O4S.